The molecule has 1 aromatic carbocycles. The predicted octanol–water partition coefficient (Wildman–Crippen LogP) is 3.15. The minimum Gasteiger partial charge on any atom is -0.349 e. The van der Waals surface area contributed by atoms with Gasteiger partial charge >= 0.3 is 0 Å². The van der Waals surface area contributed by atoms with Crippen LogP contribution in [-0.2, 0) is 6.54 Å². The third kappa shape index (κ3) is 2.41. The SMILES string of the molecule is c1ccc(CNc2n[nH]c(-c3cccs3)n2)cc1. The third-order valence-corrected chi connectivity index (χ3v) is 3.41. The van der Waals surface area contributed by atoms with Gasteiger partial charge in [0.25, 0.3) is 0 Å². The van der Waals surface area contributed by atoms with Gasteiger partial charge < -0.3 is 5.32 Å². The Morgan fingerprint density at radius 1 is 1.11 bits per heavy atom. The monoisotopic (exact) mass is 256 g/mol. The van der Waals surface area contributed by atoms with E-state index < -0.39 is 0 Å². The van der Waals surface area contributed by atoms with Gasteiger partial charge in [0, 0.05) is 6.54 Å². The van der Waals surface area contributed by atoms with Crippen molar-refractivity contribution < 1.29 is 0 Å². The summed E-state index contributed by atoms with van der Waals surface area (Å²) < 4.78 is 0. The largest absolute Gasteiger partial charge is 0.349 e. The van der Waals surface area contributed by atoms with Crippen molar-refractivity contribution in [3.63, 3.8) is 0 Å². The summed E-state index contributed by atoms with van der Waals surface area (Å²) in [4.78, 5) is 5.49. The van der Waals surface area contributed by atoms with Gasteiger partial charge in [-0.15, -0.1) is 16.4 Å². The van der Waals surface area contributed by atoms with Crippen molar-refractivity contribution in [1.82, 2.24) is 15.2 Å². The van der Waals surface area contributed by atoms with Crippen molar-refractivity contribution in [2.75, 3.05) is 5.32 Å². The summed E-state index contributed by atoms with van der Waals surface area (Å²) in [5.74, 6) is 1.43. The lowest BCUT2D eigenvalue weighted by Crippen LogP contribution is -2.00. The van der Waals surface area contributed by atoms with Crippen molar-refractivity contribution in [1.29, 1.82) is 0 Å². The number of hydrogen-bond donors (Lipinski definition) is 2. The number of nitrogens with zero attached hydrogens (tertiary/aromatic N) is 2. The highest BCUT2D eigenvalue weighted by Gasteiger charge is 2.05. The van der Waals surface area contributed by atoms with Crippen molar-refractivity contribution in [3.05, 3.63) is 53.4 Å². The minimum absolute atomic E-state index is 0.627. The van der Waals surface area contributed by atoms with Crippen LogP contribution in [0.1, 0.15) is 5.56 Å². The minimum atomic E-state index is 0.627. The first kappa shape index (κ1) is 11.0. The molecule has 5 heteroatoms. The normalized spacial score (nSPS) is 10.4. The van der Waals surface area contributed by atoms with Crippen molar-refractivity contribution in [3.8, 4) is 10.7 Å². The van der Waals surface area contributed by atoms with E-state index in [9.17, 15) is 0 Å². The Kier molecular flexibility index (Phi) is 3.06. The Morgan fingerprint density at radius 2 is 2.00 bits per heavy atom. The van der Waals surface area contributed by atoms with Crippen LogP contribution >= 0.6 is 11.3 Å². The van der Waals surface area contributed by atoms with E-state index in [1.807, 2.05) is 35.7 Å². The number of nitrogens with one attached hydrogen (secondary N) is 2. The lowest BCUT2D eigenvalue weighted by molar-refractivity contribution is 1.05. The van der Waals surface area contributed by atoms with Crippen molar-refractivity contribution >= 4 is 17.3 Å². The number of anilines is 1. The van der Waals surface area contributed by atoms with Gasteiger partial charge in [-0.05, 0) is 17.0 Å². The van der Waals surface area contributed by atoms with Crippen LogP contribution in [-0.4, -0.2) is 15.2 Å². The van der Waals surface area contributed by atoms with Gasteiger partial charge in [-0.3, -0.25) is 5.10 Å². The van der Waals surface area contributed by atoms with E-state index in [-0.39, 0.29) is 0 Å². The van der Waals surface area contributed by atoms with E-state index in [1.165, 1.54) is 5.56 Å². The Hall–Kier alpha value is -2.14. The maximum Gasteiger partial charge on any atom is 0.242 e. The van der Waals surface area contributed by atoms with Crippen LogP contribution in [0.3, 0.4) is 0 Å². The predicted molar refractivity (Wildman–Crippen MR) is 73.5 cm³/mol. The zero-order valence-corrected chi connectivity index (χ0v) is 10.4. The fourth-order valence-corrected chi connectivity index (χ4v) is 2.31. The topological polar surface area (TPSA) is 53.6 Å². The summed E-state index contributed by atoms with van der Waals surface area (Å²) in [7, 11) is 0. The number of hydrogen-bond acceptors (Lipinski definition) is 4. The first-order chi connectivity index (χ1) is 8.92. The maximum atomic E-state index is 4.40. The van der Waals surface area contributed by atoms with Crippen molar-refractivity contribution in [2.24, 2.45) is 0 Å². The fraction of sp³-hybridized carbons (Fsp3) is 0.0769. The molecule has 90 valence electrons. The molecular weight excluding hydrogens is 244 g/mol. The van der Waals surface area contributed by atoms with E-state index in [4.69, 9.17) is 0 Å². The zero-order valence-electron chi connectivity index (χ0n) is 9.63. The van der Waals surface area contributed by atoms with E-state index in [0.717, 1.165) is 17.2 Å². The molecule has 4 nitrogen and oxygen atoms in total. The molecule has 0 aliphatic carbocycles. The zero-order chi connectivity index (χ0) is 12.2. The lowest BCUT2D eigenvalue weighted by Gasteiger charge is -2.00. The summed E-state index contributed by atoms with van der Waals surface area (Å²) >= 11 is 1.64. The van der Waals surface area contributed by atoms with Gasteiger partial charge in [-0.25, -0.2) is 0 Å². The molecule has 0 aliphatic rings. The molecule has 0 saturated heterocycles. The second-order valence-electron chi connectivity index (χ2n) is 3.82. The van der Waals surface area contributed by atoms with Gasteiger partial charge in [-0.2, -0.15) is 4.98 Å². The van der Waals surface area contributed by atoms with Crippen LogP contribution in [0, 0.1) is 0 Å². The van der Waals surface area contributed by atoms with Crippen LogP contribution in [0.25, 0.3) is 10.7 Å². The van der Waals surface area contributed by atoms with Crippen LogP contribution in [0.15, 0.2) is 47.8 Å². The Balaban J connectivity index is 1.68. The smallest absolute Gasteiger partial charge is 0.242 e. The molecule has 3 rings (SSSR count). The maximum absolute atomic E-state index is 4.40. The highest BCUT2D eigenvalue weighted by Crippen LogP contribution is 2.21. The summed E-state index contributed by atoms with van der Waals surface area (Å²) in [5.41, 5.74) is 1.21. The molecule has 0 spiro atoms. The number of benzene rings is 1. The third-order valence-electron chi connectivity index (χ3n) is 2.53. The summed E-state index contributed by atoms with van der Waals surface area (Å²) in [6.07, 6.45) is 0. The number of aromatic amines is 1. The molecule has 2 N–H and O–H groups in total. The van der Waals surface area contributed by atoms with E-state index >= 15 is 0 Å². The fourth-order valence-electron chi connectivity index (χ4n) is 1.64. The van der Waals surface area contributed by atoms with E-state index in [2.05, 4.69) is 32.6 Å². The molecule has 0 fully saturated rings. The molecule has 0 bridgehead atoms. The lowest BCUT2D eigenvalue weighted by atomic mass is 10.2. The van der Waals surface area contributed by atoms with Crippen LogP contribution in [0.2, 0.25) is 0 Å². The number of thiophene rings is 1. The number of rotatable bonds is 4. The molecular formula is C13H12N4S. The summed E-state index contributed by atoms with van der Waals surface area (Å²) in [6, 6.07) is 14.2. The molecule has 18 heavy (non-hydrogen) atoms. The van der Waals surface area contributed by atoms with Gasteiger partial charge in [0.1, 0.15) is 0 Å². The molecule has 0 saturated carbocycles. The molecule has 0 unspecified atom stereocenters. The van der Waals surface area contributed by atoms with Crippen LogP contribution in [0.4, 0.5) is 5.95 Å². The van der Waals surface area contributed by atoms with E-state index in [0.29, 0.717) is 5.95 Å². The quantitative estimate of drug-likeness (QED) is 0.754. The molecule has 3 aromatic rings. The Bertz CT molecular complexity index is 601. The standard InChI is InChI=1S/C13H12N4S/c1-2-5-10(6-3-1)9-14-13-15-12(16-17-13)11-7-4-8-18-11/h1-8H,9H2,(H2,14,15,16,17). The van der Waals surface area contributed by atoms with Gasteiger partial charge in [0.05, 0.1) is 4.88 Å². The average molecular weight is 256 g/mol. The molecule has 0 atom stereocenters. The second-order valence-corrected chi connectivity index (χ2v) is 4.77. The molecule has 2 heterocycles. The summed E-state index contributed by atoms with van der Waals surface area (Å²) in [5, 5.41) is 12.3. The molecule has 0 aliphatic heterocycles. The number of H-pyrrole nitrogens is 1. The average Bonchev–Trinajstić information content (AvgIpc) is 3.08. The number of aromatic nitrogens is 3. The highest BCUT2D eigenvalue weighted by molar-refractivity contribution is 7.13. The molecule has 2 aromatic heterocycles. The van der Waals surface area contributed by atoms with Gasteiger partial charge in [-0.1, -0.05) is 36.4 Å². The van der Waals surface area contributed by atoms with Crippen molar-refractivity contribution in [2.45, 2.75) is 6.54 Å². The first-order valence-corrected chi connectivity index (χ1v) is 6.54. The van der Waals surface area contributed by atoms with E-state index in [1.54, 1.807) is 11.3 Å². The Morgan fingerprint density at radius 3 is 2.78 bits per heavy atom. The van der Waals surface area contributed by atoms with Crippen LogP contribution in [0.5, 0.6) is 0 Å². The van der Waals surface area contributed by atoms with Gasteiger partial charge in [0.15, 0.2) is 5.82 Å². The summed E-state index contributed by atoms with van der Waals surface area (Å²) in [6.45, 7) is 0.725. The second kappa shape index (κ2) is 5.01. The van der Waals surface area contributed by atoms with Crippen LogP contribution < -0.4 is 5.32 Å². The highest BCUT2D eigenvalue weighted by atomic mass is 32.1. The molecule has 0 radical (unpaired) electrons. The first-order valence-electron chi connectivity index (χ1n) is 5.66. The van der Waals surface area contributed by atoms with Gasteiger partial charge in [0.2, 0.25) is 5.95 Å². The molecule has 0 amide bonds. The Labute approximate surface area is 109 Å².